The molecule has 2 aromatic carbocycles. The van der Waals surface area contributed by atoms with E-state index in [4.69, 9.17) is 16.3 Å². The fourth-order valence-corrected chi connectivity index (χ4v) is 3.16. The molecule has 0 saturated carbocycles. The maximum Gasteiger partial charge on any atom is 0.279 e. The smallest absolute Gasteiger partial charge is 0.279 e. The molecular formula is C17H12ClNO2. The summed E-state index contributed by atoms with van der Waals surface area (Å²) in [4.78, 5) is 14.5. The molecule has 0 spiro atoms. The van der Waals surface area contributed by atoms with Crippen LogP contribution in [0.5, 0.6) is 0 Å². The standard InChI is InChI=1S/C17H12ClNO2/c18-13-6-8-14(9-7-13)19-15-10-11-21-17(15,16(19)20)12-4-2-1-3-5-12/h1-11,15H/t15-,17+/m0/s1. The Hall–Kier alpha value is -2.26. The van der Waals surface area contributed by atoms with E-state index in [1.807, 2.05) is 48.5 Å². The van der Waals surface area contributed by atoms with Gasteiger partial charge in [-0.25, -0.2) is 0 Å². The zero-order valence-electron chi connectivity index (χ0n) is 11.1. The van der Waals surface area contributed by atoms with Crippen LogP contribution in [0, 0.1) is 0 Å². The third kappa shape index (κ3) is 1.58. The molecule has 4 rings (SSSR count). The molecule has 0 unspecified atom stereocenters. The van der Waals surface area contributed by atoms with E-state index in [0.717, 1.165) is 11.3 Å². The summed E-state index contributed by atoms with van der Waals surface area (Å²) < 4.78 is 5.72. The van der Waals surface area contributed by atoms with Crippen molar-refractivity contribution in [1.82, 2.24) is 0 Å². The highest BCUT2D eigenvalue weighted by Crippen LogP contribution is 2.49. The van der Waals surface area contributed by atoms with Crippen molar-refractivity contribution in [2.45, 2.75) is 11.6 Å². The van der Waals surface area contributed by atoms with Gasteiger partial charge in [-0.05, 0) is 30.3 Å². The van der Waals surface area contributed by atoms with E-state index in [-0.39, 0.29) is 11.9 Å². The van der Waals surface area contributed by atoms with Gasteiger partial charge in [0.25, 0.3) is 5.91 Å². The second kappa shape index (κ2) is 4.37. The number of nitrogens with zero attached hydrogens (tertiary/aromatic N) is 1. The SMILES string of the molecule is O=C1N(c2ccc(Cl)cc2)[C@H]2C=CO[C@@]12c1ccccc1. The molecule has 0 N–H and O–H groups in total. The van der Waals surface area contributed by atoms with Crippen LogP contribution in [0.15, 0.2) is 66.9 Å². The number of halogens is 1. The van der Waals surface area contributed by atoms with E-state index in [0.29, 0.717) is 5.02 Å². The van der Waals surface area contributed by atoms with Crippen LogP contribution in [-0.4, -0.2) is 11.9 Å². The minimum atomic E-state index is -0.902. The van der Waals surface area contributed by atoms with Gasteiger partial charge < -0.3 is 4.74 Å². The third-order valence-electron chi connectivity index (χ3n) is 4.05. The van der Waals surface area contributed by atoms with Crippen molar-refractivity contribution >= 4 is 23.2 Å². The van der Waals surface area contributed by atoms with E-state index >= 15 is 0 Å². The molecular weight excluding hydrogens is 286 g/mol. The Kier molecular flexibility index (Phi) is 2.59. The molecule has 1 amide bonds. The Balaban J connectivity index is 1.75. The van der Waals surface area contributed by atoms with Crippen molar-refractivity contribution in [2.24, 2.45) is 0 Å². The van der Waals surface area contributed by atoms with Crippen molar-refractivity contribution in [3.63, 3.8) is 0 Å². The lowest BCUT2D eigenvalue weighted by Gasteiger charge is -2.50. The van der Waals surface area contributed by atoms with Crippen molar-refractivity contribution in [2.75, 3.05) is 4.90 Å². The number of anilines is 1. The van der Waals surface area contributed by atoms with E-state index in [1.165, 1.54) is 0 Å². The first-order valence-corrected chi connectivity index (χ1v) is 7.10. The molecule has 3 nitrogen and oxygen atoms in total. The van der Waals surface area contributed by atoms with Gasteiger partial charge in [-0.3, -0.25) is 9.69 Å². The van der Waals surface area contributed by atoms with Gasteiger partial charge in [-0.2, -0.15) is 0 Å². The average Bonchev–Trinajstić information content (AvgIpc) is 2.90. The number of carbonyl (C=O) groups is 1. The Morgan fingerprint density at radius 3 is 2.48 bits per heavy atom. The topological polar surface area (TPSA) is 29.5 Å². The summed E-state index contributed by atoms with van der Waals surface area (Å²) in [5.41, 5.74) is 0.812. The number of β-lactam (4-membered cyclic amide) rings is 1. The van der Waals surface area contributed by atoms with Crippen molar-refractivity contribution in [3.8, 4) is 0 Å². The number of rotatable bonds is 2. The number of ether oxygens (including phenoxy) is 1. The number of fused-ring (bicyclic) bond motifs is 1. The maximum absolute atomic E-state index is 12.8. The van der Waals surface area contributed by atoms with Crippen LogP contribution in [0.3, 0.4) is 0 Å². The van der Waals surface area contributed by atoms with Gasteiger partial charge in [0, 0.05) is 16.3 Å². The fraction of sp³-hybridized carbons (Fsp3) is 0.118. The summed E-state index contributed by atoms with van der Waals surface area (Å²) in [6, 6.07) is 16.8. The Morgan fingerprint density at radius 2 is 1.76 bits per heavy atom. The molecule has 0 bridgehead atoms. The first-order valence-electron chi connectivity index (χ1n) is 6.73. The normalized spacial score (nSPS) is 26.2. The lowest BCUT2D eigenvalue weighted by Crippen LogP contribution is -2.70. The van der Waals surface area contributed by atoms with E-state index < -0.39 is 5.60 Å². The highest BCUT2D eigenvalue weighted by atomic mass is 35.5. The quantitative estimate of drug-likeness (QED) is 0.794. The zero-order chi connectivity index (χ0) is 14.4. The number of amides is 1. The molecule has 2 aliphatic heterocycles. The highest BCUT2D eigenvalue weighted by molar-refractivity contribution is 6.30. The van der Waals surface area contributed by atoms with Crippen molar-refractivity contribution in [3.05, 3.63) is 77.5 Å². The number of hydrogen-bond donors (Lipinski definition) is 0. The van der Waals surface area contributed by atoms with Crippen LogP contribution in [-0.2, 0) is 15.1 Å². The van der Waals surface area contributed by atoms with Crippen LogP contribution in [0.4, 0.5) is 5.69 Å². The molecule has 1 saturated heterocycles. The summed E-state index contributed by atoms with van der Waals surface area (Å²) in [6.07, 6.45) is 3.54. The molecule has 0 aliphatic carbocycles. The molecule has 2 atom stereocenters. The number of carbonyl (C=O) groups excluding carboxylic acids is 1. The molecule has 0 aromatic heterocycles. The average molecular weight is 298 g/mol. The summed E-state index contributed by atoms with van der Waals surface area (Å²) >= 11 is 5.91. The molecule has 2 aliphatic rings. The first kappa shape index (κ1) is 12.5. The predicted molar refractivity (Wildman–Crippen MR) is 81.1 cm³/mol. The molecule has 4 heteroatoms. The Morgan fingerprint density at radius 1 is 1.05 bits per heavy atom. The van der Waals surface area contributed by atoms with Gasteiger partial charge >= 0.3 is 0 Å². The summed E-state index contributed by atoms with van der Waals surface area (Å²) in [5.74, 6) is -0.0500. The molecule has 1 fully saturated rings. The fourth-order valence-electron chi connectivity index (χ4n) is 3.04. The van der Waals surface area contributed by atoms with Crippen LogP contribution in [0.2, 0.25) is 5.02 Å². The molecule has 2 heterocycles. The van der Waals surface area contributed by atoms with Crippen LogP contribution in [0.25, 0.3) is 0 Å². The molecule has 2 aromatic rings. The summed E-state index contributed by atoms with van der Waals surface area (Å²) in [5, 5.41) is 0.652. The largest absolute Gasteiger partial charge is 0.478 e. The minimum absolute atomic E-state index is 0.0500. The third-order valence-corrected chi connectivity index (χ3v) is 4.31. The Bertz CT molecular complexity index is 726. The van der Waals surface area contributed by atoms with Crippen LogP contribution in [0.1, 0.15) is 5.56 Å². The summed E-state index contributed by atoms with van der Waals surface area (Å²) in [6.45, 7) is 0. The van der Waals surface area contributed by atoms with Gasteiger partial charge in [0.2, 0.25) is 5.60 Å². The monoisotopic (exact) mass is 297 g/mol. The van der Waals surface area contributed by atoms with E-state index in [1.54, 1.807) is 23.3 Å². The van der Waals surface area contributed by atoms with Crippen molar-refractivity contribution in [1.29, 1.82) is 0 Å². The van der Waals surface area contributed by atoms with Gasteiger partial charge in [-0.1, -0.05) is 41.9 Å². The minimum Gasteiger partial charge on any atom is -0.478 e. The van der Waals surface area contributed by atoms with Crippen molar-refractivity contribution < 1.29 is 9.53 Å². The van der Waals surface area contributed by atoms with E-state index in [9.17, 15) is 4.79 Å². The van der Waals surface area contributed by atoms with Crippen LogP contribution >= 0.6 is 11.6 Å². The molecule has 21 heavy (non-hydrogen) atoms. The van der Waals surface area contributed by atoms with Gasteiger partial charge in [0.05, 0.1) is 6.26 Å². The molecule has 0 radical (unpaired) electrons. The van der Waals surface area contributed by atoms with Gasteiger partial charge in [0.1, 0.15) is 6.04 Å². The lowest BCUT2D eigenvalue weighted by molar-refractivity contribution is -0.149. The predicted octanol–water partition coefficient (Wildman–Crippen LogP) is 3.49. The summed E-state index contributed by atoms with van der Waals surface area (Å²) in [7, 11) is 0. The van der Waals surface area contributed by atoms with Gasteiger partial charge in [0.15, 0.2) is 0 Å². The zero-order valence-corrected chi connectivity index (χ0v) is 11.8. The number of hydrogen-bond acceptors (Lipinski definition) is 2. The highest BCUT2D eigenvalue weighted by Gasteiger charge is 2.65. The van der Waals surface area contributed by atoms with Gasteiger partial charge in [-0.15, -0.1) is 0 Å². The van der Waals surface area contributed by atoms with Crippen LogP contribution < -0.4 is 4.90 Å². The van der Waals surface area contributed by atoms with E-state index in [2.05, 4.69) is 0 Å². The second-order valence-electron chi connectivity index (χ2n) is 5.14. The number of benzene rings is 2. The second-order valence-corrected chi connectivity index (χ2v) is 5.58. The lowest BCUT2D eigenvalue weighted by atomic mass is 9.77. The Labute approximate surface area is 127 Å². The maximum atomic E-state index is 12.8. The first-order chi connectivity index (χ1) is 10.2. The molecule has 104 valence electrons.